The minimum absolute atomic E-state index is 0.292. The molecule has 164 valence electrons. The van der Waals surface area contributed by atoms with Gasteiger partial charge in [0.2, 0.25) is 11.5 Å². The van der Waals surface area contributed by atoms with Gasteiger partial charge in [0.05, 0.1) is 6.04 Å². The quantitative estimate of drug-likeness (QED) is 0.328. The predicted octanol–water partition coefficient (Wildman–Crippen LogP) is 6.47. The largest absolute Gasteiger partial charge is 0.504 e. The van der Waals surface area contributed by atoms with Gasteiger partial charge in [0.25, 0.3) is 0 Å². The highest BCUT2D eigenvalue weighted by atomic mass is 16.3. The summed E-state index contributed by atoms with van der Waals surface area (Å²) in [5, 5.41) is 47.0. The second-order valence-corrected chi connectivity index (χ2v) is 7.20. The van der Waals surface area contributed by atoms with Crippen LogP contribution < -0.4 is 5.32 Å². The monoisotopic (exact) mass is 429 g/mol. The molecule has 0 fully saturated rings. The van der Waals surface area contributed by atoms with Crippen LogP contribution in [-0.2, 0) is 0 Å². The number of rotatable bonds is 4. The summed E-state index contributed by atoms with van der Waals surface area (Å²) in [4.78, 5) is 0. The predicted molar refractivity (Wildman–Crippen MR) is 129 cm³/mol. The number of fused-ring (bicyclic) bond motifs is 1. The number of hydrogen-bond donors (Lipinski definition) is 5. The first kappa shape index (κ1) is 22.6. The standard InChI is InChI=1S/C27H27NO4/c1-2-23(28-20-15-9-7-10-16-20)22-18-12-14-19-13-8-5-3-4-6-11-17-21(19)24(29)26(31)27(32)25(22)30/h3-18,23,28-32H,2H2,1H3. The van der Waals surface area contributed by atoms with E-state index in [1.807, 2.05) is 61.5 Å². The molecule has 0 saturated carbocycles. The van der Waals surface area contributed by atoms with Crippen LogP contribution in [0.2, 0.25) is 0 Å². The molecule has 0 saturated heterocycles. The normalized spacial score (nSPS) is 11.2. The molecule has 1 atom stereocenters. The fraction of sp³-hybridized carbons (Fsp3) is 0.111. The number of aromatic hydroxyl groups is 4. The van der Waals surface area contributed by atoms with E-state index in [4.69, 9.17) is 0 Å². The molecule has 0 spiro atoms. The summed E-state index contributed by atoms with van der Waals surface area (Å²) in [6.07, 6.45) is 0.593. The summed E-state index contributed by atoms with van der Waals surface area (Å²) < 4.78 is 0. The third-order valence-electron chi connectivity index (χ3n) is 5.06. The number of hydrogen-bond acceptors (Lipinski definition) is 5. The first-order valence-electron chi connectivity index (χ1n) is 10.4. The van der Waals surface area contributed by atoms with E-state index in [9.17, 15) is 20.4 Å². The van der Waals surface area contributed by atoms with Crippen LogP contribution in [-0.4, -0.2) is 20.4 Å². The van der Waals surface area contributed by atoms with Gasteiger partial charge in [-0.3, -0.25) is 0 Å². The fourth-order valence-corrected chi connectivity index (χ4v) is 3.35. The average Bonchev–Trinajstić information content (AvgIpc) is 2.82. The Morgan fingerprint density at radius 1 is 0.594 bits per heavy atom. The van der Waals surface area contributed by atoms with E-state index in [-0.39, 0.29) is 6.04 Å². The number of nitrogens with one attached hydrogen (secondary N) is 1. The second-order valence-electron chi connectivity index (χ2n) is 7.20. The van der Waals surface area contributed by atoms with Gasteiger partial charge in [-0.05, 0) is 23.9 Å². The van der Waals surface area contributed by atoms with Crippen LogP contribution in [0, 0.1) is 0 Å². The Morgan fingerprint density at radius 2 is 1.12 bits per heavy atom. The number of para-hydroxylation sites is 1. The van der Waals surface area contributed by atoms with E-state index in [0.29, 0.717) is 22.8 Å². The molecule has 0 aliphatic heterocycles. The van der Waals surface area contributed by atoms with Crippen LogP contribution in [0.5, 0.6) is 23.0 Å². The zero-order valence-electron chi connectivity index (χ0n) is 17.8. The zero-order valence-corrected chi connectivity index (χ0v) is 17.8. The molecule has 0 aliphatic rings. The van der Waals surface area contributed by atoms with Gasteiger partial charge in [-0.1, -0.05) is 91.9 Å². The van der Waals surface area contributed by atoms with Gasteiger partial charge in [0.15, 0.2) is 11.5 Å². The van der Waals surface area contributed by atoms with Crippen LogP contribution in [0.25, 0.3) is 10.8 Å². The molecular weight excluding hydrogens is 402 g/mol. The van der Waals surface area contributed by atoms with Crippen LogP contribution in [0.4, 0.5) is 5.69 Å². The molecule has 5 nitrogen and oxygen atoms in total. The lowest BCUT2D eigenvalue weighted by atomic mass is 10.0. The summed E-state index contributed by atoms with van der Waals surface area (Å²) >= 11 is 0. The van der Waals surface area contributed by atoms with Crippen molar-refractivity contribution in [1.82, 2.24) is 0 Å². The Kier molecular flexibility index (Phi) is 7.60. The third kappa shape index (κ3) is 5.32. The zero-order chi connectivity index (χ0) is 22.9. The minimum Gasteiger partial charge on any atom is -0.504 e. The Balaban J connectivity index is 2.32. The van der Waals surface area contributed by atoms with E-state index < -0.39 is 23.0 Å². The Morgan fingerprint density at radius 3 is 1.81 bits per heavy atom. The van der Waals surface area contributed by atoms with Gasteiger partial charge < -0.3 is 25.7 Å². The smallest absolute Gasteiger partial charge is 0.204 e. The van der Waals surface area contributed by atoms with Gasteiger partial charge in [-0.15, -0.1) is 0 Å². The molecule has 0 bridgehead atoms. The van der Waals surface area contributed by atoms with Gasteiger partial charge in [0.1, 0.15) is 0 Å². The minimum atomic E-state index is -0.805. The third-order valence-corrected chi connectivity index (χ3v) is 5.06. The molecule has 0 amide bonds. The number of benzene rings is 1. The lowest BCUT2D eigenvalue weighted by Crippen LogP contribution is -2.09. The first-order valence-corrected chi connectivity index (χ1v) is 10.4. The molecule has 32 heavy (non-hydrogen) atoms. The average molecular weight is 430 g/mol. The van der Waals surface area contributed by atoms with Gasteiger partial charge >= 0.3 is 0 Å². The Bertz CT molecular complexity index is 1190. The summed E-state index contributed by atoms with van der Waals surface area (Å²) in [7, 11) is 0. The molecule has 0 radical (unpaired) electrons. The van der Waals surface area contributed by atoms with Crippen molar-refractivity contribution in [2.24, 2.45) is 0 Å². The van der Waals surface area contributed by atoms with Crippen molar-refractivity contribution in [3.05, 3.63) is 103 Å². The van der Waals surface area contributed by atoms with Crippen molar-refractivity contribution in [2.75, 3.05) is 5.32 Å². The number of anilines is 1. The molecular formula is C27H27NO4. The van der Waals surface area contributed by atoms with Crippen LogP contribution >= 0.6 is 0 Å². The van der Waals surface area contributed by atoms with E-state index in [1.54, 1.807) is 42.5 Å². The fourth-order valence-electron chi connectivity index (χ4n) is 3.35. The summed E-state index contributed by atoms with van der Waals surface area (Å²) in [6.45, 7) is 1.94. The molecule has 3 aromatic carbocycles. The Labute approximate surface area is 187 Å². The molecule has 0 aliphatic carbocycles. The van der Waals surface area contributed by atoms with Crippen molar-refractivity contribution < 1.29 is 20.4 Å². The highest BCUT2D eigenvalue weighted by molar-refractivity contribution is 5.88. The molecule has 0 heterocycles. The maximum absolute atomic E-state index is 10.8. The topological polar surface area (TPSA) is 93.0 Å². The highest BCUT2D eigenvalue weighted by Gasteiger charge is 2.18. The van der Waals surface area contributed by atoms with Crippen LogP contribution in [0.15, 0.2) is 97.1 Å². The van der Waals surface area contributed by atoms with E-state index >= 15 is 0 Å². The summed E-state index contributed by atoms with van der Waals surface area (Å²) in [5.41, 5.74) is 1.22. The lowest BCUT2D eigenvalue weighted by molar-refractivity contribution is 0.349. The van der Waals surface area contributed by atoms with Crippen LogP contribution in [0.3, 0.4) is 0 Å². The molecule has 5 N–H and O–H groups in total. The maximum Gasteiger partial charge on any atom is 0.204 e. The molecule has 5 heteroatoms. The van der Waals surface area contributed by atoms with Crippen molar-refractivity contribution in [2.45, 2.75) is 19.4 Å². The van der Waals surface area contributed by atoms with Crippen molar-refractivity contribution in [1.29, 1.82) is 0 Å². The molecule has 3 rings (SSSR count). The van der Waals surface area contributed by atoms with Crippen molar-refractivity contribution >= 4 is 16.5 Å². The Hall–Kier alpha value is -4.12. The van der Waals surface area contributed by atoms with E-state index in [2.05, 4.69) is 5.32 Å². The van der Waals surface area contributed by atoms with Crippen LogP contribution in [0.1, 0.15) is 24.9 Å². The van der Waals surface area contributed by atoms with Gasteiger partial charge in [-0.25, -0.2) is 0 Å². The molecule has 3 aromatic rings. The van der Waals surface area contributed by atoms with Gasteiger partial charge in [0, 0.05) is 16.6 Å². The first-order chi connectivity index (χ1) is 15.5. The lowest BCUT2D eigenvalue weighted by Gasteiger charge is -2.19. The maximum atomic E-state index is 10.8. The van der Waals surface area contributed by atoms with E-state index in [0.717, 1.165) is 5.69 Å². The van der Waals surface area contributed by atoms with Crippen molar-refractivity contribution in [3.8, 4) is 23.0 Å². The van der Waals surface area contributed by atoms with Gasteiger partial charge in [-0.2, -0.15) is 0 Å². The SMILES string of the molecule is CCC(Nc1ccccc1)c1cccc2ccccccccc2c(O)c(O)c(O)c1O. The van der Waals surface area contributed by atoms with E-state index in [1.165, 1.54) is 0 Å². The highest BCUT2D eigenvalue weighted by Crippen LogP contribution is 2.44. The summed E-state index contributed by atoms with van der Waals surface area (Å²) in [5.74, 6) is -2.66. The van der Waals surface area contributed by atoms with Crippen molar-refractivity contribution in [3.63, 3.8) is 0 Å². The summed E-state index contributed by atoms with van der Waals surface area (Å²) in [6, 6.07) is 28.6. The second kappa shape index (κ2) is 10.8. The molecule has 1 unspecified atom stereocenters. The molecule has 0 aromatic heterocycles.